The number of benzene rings is 1. The summed E-state index contributed by atoms with van der Waals surface area (Å²) in [5, 5.41) is 10.5. The van der Waals surface area contributed by atoms with E-state index < -0.39 is 6.10 Å². The van der Waals surface area contributed by atoms with E-state index in [9.17, 15) is 5.11 Å². The maximum Gasteiger partial charge on any atom is 0.125 e. The zero-order valence-corrected chi connectivity index (χ0v) is 12.5. The zero-order chi connectivity index (χ0) is 13.3. The van der Waals surface area contributed by atoms with Crippen molar-refractivity contribution in [3.8, 4) is 5.75 Å². The van der Waals surface area contributed by atoms with Crippen LogP contribution < -0.4 is 4.74 Å². The lowest BCUT2D eigenvalue weighted by molar-refractivity contribution is -0.0187. The topological polar surface area (TPSA) is 38.7 Å². The Morgan fingerprint density at radius 3 is 2.78 bits per heavy atom. The minimum Gasteiger partial charge on any atom is -0.496 e. The molecular weight excluding hydrogens is 296 g/mol. The summed E-state index contributed by atoms with van der Waals surface area (Å²) in [5.41, 5.74) is 1.87. The Morgan fingerprint density at radius 2 is 2.22 bits per heavy atom. The number of halogens is 1. The van der Waals surface area contributed by atoms with E-state index in [1.807, 2.05) is 19.1 Å². The quantitative estimate of drug-likeness (QED) is 0.931. The van der Waals surface area contributed by atoms with Crippen molar-refractivity contribution >= 4 is 15.9 Å². The predicted molar refractivity (Wildman–Crippen MR) is 73.9 cm³/mol. The van der Waals surface area contributed by atoms with Gasteiger partial charge in [0, 0.05) is 16.6 Å². The predicted octanol–water partition coefficient (Wildman–Crippen LogP) is 3.22. The van der Waals surface area contributed by atoms with E-state index in [4.69, 9.17) is 9.47 Å². The molecule has 100 valence electrons. The fourth-order valence-electron chi connectivity index (χ4n) is 2.38. The molecule has 3 nitrogen and oxygen atoms in total. The zero-order valence-electron chi connectivity index (χ0n) is 10.9. The lowest BCUT2D eigenvalue weighted by Gasteiger charge is -2.24. The van der Waals surface area contributed by atoms with Crippen LogP contribution in [-0.2, 0) is 4.74 Å². The summed E-state index contributed by atoms with van der Waals surface area (Å²) in [6, 6.07) is 3.86. The molecule has 1 fully saturated rings. The Kier molecular flexibility index (Phi) is 4.30. The highest BCUT2D eigenvalue weighted by atomic mass is 79.9. The first-order valence-electron chi connectivity index (χ1n) is 6.18. The molecule has 18 heavy (non-hydrogen) atoms. The lowest BCUT2D eigenvalue weighted by atomic mass is 9.93. The monoisotopic (exact) mass is 314 g/mol. The normalized spacial score (nSPS) is 25.2. The van der Waals surface area contributed by atoms with Crippen molar-refractivity contribution in [2.24, 2.45) is 5.92 Å². The molecule has 0 aromatic heterocycles. The molecule has 1 aromatic rings. The number of methoxy groups -OCH3 is 1. The minimum atomic E-state index is -0.644. The van der Waals surface area contributed by atoms with Crippen molar-refractivity contribution in [1.29, 1.82) is 0 Å². The van der Waals surface area contributed by atoms with Crippen molar-refractivity contribution in [2.75, 3.05) is 13.7 Å². The van der Waals surface area contributed by atoms with Gasteiger partial charge in [0.05, 0.1) is 13.2 Å². The van der Waals surface area contributed by atoms with Gasteiger partial charge in [-0.25, -0.2) is 0 Å². The van der Waals surface area contributed by atoms with E-state index in [1.165, 1.54) is 0 Å². The van der Waals surface area contributed by atoms with Crippen LogP contribution in [0.2, 0.25) is 0 Å². The third-order valence-electron chi connectivity index (χ3n) is 3.59. The minimum absolute atomic E-state index is 0.145. The number of aliphatic hydroxyl groups is 1. The van der Waals surface area contributed by atoms with Crippen molar-refractivity contribution in [3.05, 3.63) is 27.7 Å². The van der Waals surface area contributed by atoms with E-state index in [2.05, 4.69) is 22.9 Å². The summed E-state index contributed by atoms with van der Waals surface area (Å²) < 4.78 is 12.0. The van der Waals surface area contributed by atoms with Gasteiger partial charge >= 0.3 is 0 Å². The van der Waals surface area contributed by atoms with Gasteiger partial charge in [0.25, 0.3) is 0 Å². The second-order valence-electron chi connectivity index (χ2n) is 4.89. The van der Waals surface area contributed by atoms with Crippen LogP contribution in [-0.4, -0.2) is 24.9 Å². The number of rotatable bonds is 3. The second-order valence-corrected chi connectivity index (χ2v) is 5.74. The maximum absolute atomic E-state index is 10.5. The van der Waals surface area contributed by atoms with Crippen LogP contribution in [0.25, 0.3) is 0 Å². The molecule has 3 unspecified atom stereocenters. The molecule has 1 aliphatic rings. The van der Waals surface area contributed by atoms with Gasteiger partial charge in [-0.15, -0.1) is 0 Å². The Balaban J connectivity index is 2.34. The highest BCUT2D eigenvalue weighted by Gasteiger charge is 2.33. The summed E-state index contributed by atoms with van der Waals surface area (Å²) in [5.74, 6) is 1.08. The van der Waals surface area contributed by atoms with Crippen molar-refractivity contribution in [3.63, 3.8) is 0 Å². The van der Waals surface area contributed by atoms with Crippen LogP contribution in [0.15, 0.2) is 16.6 Å². The van der Waals surface area contributed by atoms with Gasteiger partial charge in [-0.2, -0.15) is 0 Å². The Labute approximate surface area is 116 Å². The van der Waals surface area contributed by atoms with Gasteiger partial charge in [0.1, 0.15) is 11.9 Å². The van der Waals surface area contributed by atoms with Crippen LogP contribution in [0.1, 0.15) is 30.6 Å². The molecule has 1 aliphatic heterocycles. The van der Waals surface area contributed by atoms with E-state index in [-0.39, 0.29) is 6.10 Å². The fourth-order valence-corrected chi connectivity index (χ4v) is 2.74. The van der Waals surface area contributed by atoms with Crippen molar-refractivity contribution in [1.82, 2.24) is 0 Å². The van der Waals surface area contributed by atoms with Gasteiger partial charge < -0.3 is 14.6 Å². The summed E-state index contributed by atoms with van der Waals surface area (Å²) >= 11 is 3.49. The third kappa shape index (κ3) is 2.56. The van der Waals surface area contributed by atoms with E-state index in [0.717, 1.165) is 28.6 Å². The molecule has 3 atom stereocenters. The van der Waals surface area contributed by atoms with Crippen molar-refractivity contribution in [2.45, 2.75) is 32.5 Å². The molecular formula is C14H19BrO3. The average Bonchev–Trinajstić information content (AvgIpc) is 2.77. The van der Waals surface area contributed by atoms with Crippen LogP contribution in [0, 0.1) is 12.8 Å². The molecule has 1 saturated heterocycles. The SMILES string of the molecule is COc1cc(C)c(Br)cc1C(O)C1OCCC1C. The number of hydrogen-bond acceptors (Lipinski definition) is 3. The summed E-state index contributed by atoms with van der Waals surface area (Å²) in [6.07, 6.45) is 0.208. The van der Waals surface area contributed by atoms with Gasteiger partial charge in [0.2, 0.25) is 0 Å². The largest absolute Gasteiger partial charge is 0.496 e. The first-order valence-corrected chi connectivity index (χ1v) is 6.97. The smallest absolute Gasteiger partial charge is 0.125 e. The fraction of sp³-hybridized carbons (Fsp3) is 0.571. The first kappa shape index (κ1) is 13.8. The second kappa shape index (κ2) is 5.59. The molecule has 0 bridgehead atoms. The van der Waals surface area contributed by atoms with E-state index in [1.54, 1.807) is 7.11 Å². The Hall–Kier alpha value is -0.580. The molecule has 0 radical (unpaired) electrons. The summed E-state index contributed by atoms with van der Waals surface area (Å²) in [6.45, 7) is 4.83. The van der Waals surface area contributed by atoms with Crippen LogP contribution in [0.5, 0.6) is 5.75 Å². The average molecular weight is 315 g/mol. The highest BCUT2D eigenvalue weighted by molar-refractivity contribution is 9.10. The third-order valence-corrected chi connectivity index (χ3v) is 4.44. The molecule has 1 aromatic carbocycles. The lowest BCUT2D eigenvalue weighted by Crippen LogP contribution is -2.23. The van der Waals surface area contributed by atoms with Gasteiger partial charge in [-0.3, -0.25) is 0 Å². The Morgan fingerprint density at radius 1 is 1.50 bits per heavy atom. The number of aliphatic hydroxyl groups excluding tert-OH is 1. The van der Waals surface area contributed by atoms with E-state index in [0.29, 0.717) is 11.7 Å². The molecule has 4 heteroatoms. The Bertz CT molecular complexity index is 433. The van der Waals surface area contributed by atoms with Gasteiger partial charge in [-0.1, -0.05) is 22.9 Å². The number of aryl methyl sites for hydroxylation is 1. The molecule has 1 heterocycles. The molecule has 0 aliphatic carbocycles. The first-order chi connectivity index (χ1) is 8.54. The number of ether oxygens (including phenoxy) is 2. The van der Waals surface area contributed by atoms with Crippen LogP contribution in [0.4, 0.5) is 0 Å². The number of hydrogen-bond donors (Lipinski definition) is 1. The standard InChI is InChI=1S/C14H19BrO3/c1-8-4-5-18-14(8)13(16)10-7-11(15)9(2)6-12(10)17-3/h6-8,13-14,16H,4-5H2,1-3H3. The molecule has 0 amide bonds. The van der Waals surface area contributed by atoms with Gasteiger partial charge in [0.15, 0.2) is 0 Å². The van der Waals surface area contributed by atoms with Crippen LogP contribution >= 0.6 is 15.9 Å². The van der Waals surface area contributed by atoms with Crippen LogP contribution in [0.3, 0.4) is 0 Å². The van der Waals surface area contributed by atoms with E-state index >= 15 is 0 Å². The summed E-state index contributed by atoms with van der Waals surface area (Å²) in [7, 11) is 1.62. The van der Waals surface area contributed by atoms with Crippen molar-refractivity contribution < 1.29 is 14.6 Å². The summed E-state index contributed by atoms with van der Waals surface area (Å²) in [4.78, 5) is 0. The molecule has 2 rings (SSSR count). The van der Waals surface area contributed by atoms with Gasteiger partial charge in [-0.05, 0) is 37.0 Å². The highest BCUT2D eigenvalue weighted by Crippen LogP contribution is 2.37. The molecule has 0 saturated carbocycles. The maximum atomic E-state index is 10.5. The molecule has 1 N–H and O–H groups in total. The molecule has 0 spiro atoms.